The van der Waals surface area contributed by atoms with Crippen molar-refractivity contribution >= 4 is 11.8 Å². The fourth-order valence-electron chi connectivity index (χ4n) is 1.83. The van der Waals surface area contributed by atoms with Crippen LogP contribution < -0.4 is 0 Å². The highest BCUT2D eigenvalue weighted by Crippen LogP contribution is 2.21. The first kappa shape index (κ1) is 14.1. The van der Waals surface area contributed by atoms with Gasteiger partial charge in [0.25, 0.3) is 0 Å². The molecule has 0 heterocycles. The van der Waals surface area contributed by atoms with Crippen molar-refractivity contribution in [2.45, 2.75) is 46.5 Å². The van der Waals surface area contributed by atoms with E-state index in [9.17, 15) is 9.59 Å². The first-order valence-corrected chi connectivity index (χ1v) is 5.68. The fourth-order valence-corrected chi connectivity index (χ4v) is 1.83. The van der Waals surface area contributed by atoms with Gasteiger partial charge in [-0.25, -0.2) is 0 Å². The lowest BCUT2D eigenvalue weighted by atomic mass is 9.85. The van der Waals surface area contributed by atoms with E-state index in [1.165, 1.54) is 7.11 Å². The van der Waals surface area contributed by atoms with Gasteiger partial charge in [-0.3, -0.25) is 9.59 Å². The number of hydrogen-bond donors (Lipinski definition) is 0. The van der Waals surface area contributed by atoms with E-state index < -0.39 is 5.92 Å². The summed E-state index contributed by atoms with van der Waals surface area (Å²) >= 11 is 0. The van der Waals surface area contributed by atoms with Gasteiger partial charge in [0.2, 0.25) is 0 Å². The van der Waals surface area contributed by atoms with Gasteiger partial charge in [-0.1, -0.05) is 27.2 Å². The molecule has 0 bridgehead atoms. The number of rotatable bonds is 7. The number of methoxy groups -OCH3 is 1. The molecular formula is C12H22O3. The second-order valence-corrected chi connectivity index (χ2v) is 3.98. The third-order valence-corrected chi connectivity index (χ3v) is 2.61. The quantitative estimate of drug-likeness (QED) is 0.483. The summed E-state index contributed by atoms with van der Waals surface area (Å²) < 4.78 is 4.69. The second kappa shape index (κ2) is 7.43. The molecule has 0 saturated carbocycles. The summed E-state index contributed by atoms with van der Waals surface area (Å²) in [6, 6.07) is 0. The Morgan fingerprint density at radius 2 is 1.80 bits per heavy atom. The molecule has 0 radical (unpaired) electrons. The van der Waals surface area contributed by atoms with Gasteiger partial charge in [0.1, 0.15) is 11.7 Å². The maximum Gasteiger partial charge on any atom is 0.316 e. The van der Waals surface area contributed by atoms with Gasteiger partial charge in [-0.05, 0) is 18.8 Å². The summed E-state index contributed by atoms with van der Waals surface area (Å²) in [6.45, 7) is 5.94. The third kappa shape index (κ3) is 4.45. The van der Waals surface area contributed by atoms with E-state index in [1.807, 2.05) is 13.8 Å². The Bertz CT molecular complexity index is 211. The van der Waals surface area contributed by atoms with E-state index in [2.05, 4.69) is 11.7 Å². The normalized spacial score (nSPS) is 14.4. The lowest BCUT2D eigenvalue weighted by molar-refractivity contribution is -0.151. The van der Waals surface area contributed by atoms with Crippen molar-refractivity contribution in [2.75, 3.05) is 7.11 Å². The van der Waals surface area contributed by atoms with Crippen molar-refractivity contribution in [3.8, 4) is 0 Å². The van der Waals surface area contributed by atoms with E-state index >= 15 is 0 Å². The highest BCUT2D eigenvalue weighted by Gasteiger charge is 2.31. The minimum atomic E-state index is -0.560. The Kier molecular flexibility index (Phi) is 7.01. The Morgan fingerprint density at radius 1 is 1.20 bits per heavy atom. The summed E-state index contributed by atoms with van der Waals surface area (Å²) in [5.74, 6) is -0.837. The van der Waals surface area contributed by atoms with Gasteiger partial charge >= 0.3 is 5.97 Å². The molecule has 88 valence electrons. The summed E-state index contributed by atoms with van der Waals surface area (Å²) in [6.07, 6.45) is 3.11. The Balaban J connectivity index is 4.56. The average Bonchev–Trinajstić information content (AvgIpc) is 2.18. The maximum absolute atomic E-state index is 11.8. The Labute approximate surface area is 92.2 Å². The van der Waals surface area contributed by atoms with Crippen molar-refractivity contribution in [2.24, 2.45) is 11.8 Å². The molecule has 0 aromatic carbocycles. The standard InChI is InChI=1S/C12H22O3/c1-5-7-9(3)11(12(14)15-4)10(13)8-6-2/h9,11H,5-8H2,1-4H3. The molecule has 0 amide bonds. The molecule has 0 saturated heterocycles. The first-order chi connectivity index (χ1) is 7.08. The van der Waals surface area contributed by atoms with Gasteiger partial charge in [-0.2, -0.15) is 0 Å². The van der Waals surface area contributed by atoms with Crippen LogP contribution in [-0.4, -0.2) is 18.9 Å². The molecule has 2 unspecified atom stereocenters. The van der Waals surface area contributed by atoms with Crippen molar-refractivity contribution in [1.29, 1.82) is 0 Å². The topological polar surface area (TPSA) is 43.4 Å². The van der Waals surface area contributed by atoms with Crippen LogP contribution in [0.2, 0.25) is 0 Å². The zero-order valence-corrected chi connectivity index (χ0v) is 10.2. The molecule has 0 spiro atoms. The molecule has 0 N–H and O–H groups in total. The van der Waals surface area contributed by atoms with Crippen LogP contribution in [0.15, 0.2) is 0 Å². The van der Waals surface area contributed by atoms with Crippen LogP contribution >= 0.6 is 0 Å². The van der Waals surface area contributed by atoms with E-state index in [0.29, 0.717) is 6.42 Å². The van der Waals surface area contributed by atoms with Crippen molar-refractivity contribution in [1.82, 2.24) is 0 Å². The van der Waals surface area contributed by atoms with Crippen LogP contribution in [0.3, 0.4) is 0 Å². The largest absolute Gasteiger partial charge is 0.468 e. The maximum atomic E-state index is 11.8. The Morgan fingerprint density at radius 3 is 2.20 bits per heavy atom. The predicted molar refractivity (Wildman–Crippen MR) is 59.5 cm³/mol. The molecule has 0 aliphatic heterocycles. The fraction of sp³-hybridized carbons (Fsp3) is 0.833. The van der Waals surface area contributed by atoms with Gasteiger partial charge in [0.05, 0.1) is 7.11 Å². The smallest absolute Gasteiger partial charge is 0.316 e. The van der Waals surface area contributed by atoms with E-state index in [1.54, 1.807) is 0 Å². The minimum Gasteiger partial charge on any atom is -0.468 e. The van der Waals surface area contributed by atoms with Crippen molar-refractivity contribution < 1.29 is 14.3 Å². The van der Waals surface area contributed by atoms with E-state index in [4.69, 9.17) is 0 Å². The van der Waals surface area contributed by atoms with Gasteiger partial charge in [0.15, 0.2) is 0 Å². The first-order valence-electron chi connectivity index (χ1n) is 5.68. The summed E-state index contributed by atoms with van der Waals surface area (Å²) in [5.41, 5.74) is 0. The van der Waals surface area contributed by atoms with E-state index in [0.717, 1.165) is 19.3 Å². The molecule has 0 aromatic rings. The number of esters is 1. The van der Waals surface area contributed by atoms with Gasteiger partial charge in [0, 0.05) is 6.42 Å². The van der Waals surface area contributed by atoms with Crippen LogP contribution in [0.25, 0.3) is 0 Å². The molecule has 0 fully saturated rings. The molecule has 2 atom stereocenters. The van der Waals surface area contributed by atoms with Gasteiger partial charge in [-0.15, -0.1) is 0 Å². The number of carbonyl (C=O) groups is 2. The van der Waals surface area contributed by atoms with E-state index in [-0.39, 0.29) is 17.7 Å². The van der Waals surface area contributed by atoms with Crippen molar-refractivity contribution in [3.63, 3.8) is 0 Å². The summed E-state index contributed by atoms with van der Waals surface area (Å²) in [4.78, 5) is 23.3. The average molecular weight is 214 g/mol. The third-order valence-electron chi connectivity index (χ3n) is 2.61. The summed E-state index contributed by atoms with van der Waals surface area (Å²) in [5, 5.41) is 0. The highest BCUT2D eigenvalue weighted by atomic mass is 16.5. The van der Waals surface area contributed by atoms with Crippen LogP contribution in [-0.2, 0) is 14.3 Å². The molecule has 3 nitrogen and oxygen atoms in total. The lowest BCUT2D eigenvalue weighted by Gasteiger charge is -2.19. The number of ketones is 1. The monoisotopic (exact) mass is 214 g/mol. The van der Waals surface area contributed by atoms with Crippen LogP contribution in [0, 0.1) is 11.8 Å². The summed E-state index contributed by atoms with van der Waals surface area (Å²) in [7, 11) is 1.34. The highest BCUT2D eigenvalue weighted by molar-refractivity contribution is 5.99. The van der Waals surface area contributed by atoms with Gasteiger partial charge < -0.3 is 4.74 Å². The molecule has 0 aromatic heterocycles. The minimum absolute atomic E-state index is 0.0188. The van der Waals surface area contributed by atoms with Crippen LogP contribution in [0.5, 0.6) is 0 Å². The number of hydrogen-bond acceptors (Lipinski definition) is 3. The molecule has 0 rings (SSSR count). The zero-order chi connectivity index (χ0) is 11.8. The second-order valence-electron chi connectivity index (χ2n) is 3.98. The molecule has 0 aliphatic carbocycles. The Hall–Kier alpha value is -0.860. The zero-order valence-electron chi connectivity index (χ0n) is 10.2. The number of ether oxygens (including phenoxy) is 1. The molecule has 15 heavy (non-hydrogen) atoms. The van der Waals surface area contributed by atoms with Crippen molar-refractivity contribution in [3.05, 3.63) is 0 Å². The number of carbonyl (C=O) groups excluding carboxylic acids is 2. The molecular weight excluding hydrogens is 192 g/mol. The van der Waals surface area contributed by atoms with Crippen LogP contribution in [0.1, 0.15) is 46.5 Å². The lowest BCUT2D eigenvalue weighted by Crippen LogP contribution is -2.31. The molecule has 0 aliphatic rings. The predicted octanol–water partition coefficient (Wildman–Crippen LogP) is 2.58. The van der Waals surface area contributed by atoms with Crippen LogP contribution in [0.4, 0.5) is 0 Å². The molecule has 3 heteroatoms. The number of Topliss-reactive ketones (excluding diaryl/α,β-unsaturated/α-hetero) is 1. The SMILES string of the molecule is CCCC(=O)C(C(=O)OC)C(C)CCC.